The van der Waals surface area contributed by atoms with Gasteiger partial charge in [-0.25, -0.2) is 4.39 Å². The second-order valence-corrected chi connectivity index (χ2v) is 5.21. The van der Waals surface area contributed by atoms with E-state index >= 15 is 0 Å². The highest BCUT2D eigenvalue weighted by atomic mass is 19.1. The van der Waals surface area contributed by atoms with Gasteiger partial charge in [0.1, 0.15) is 23.5 Å². The van der Waals surface area contributed by atoms with Crippen molar-refractivity contribution in [3.8, 4) is 12.1 Å². The fourth-order valence-electron chi connectivity index (χ4n) is 2.67. The summed E-state index contributed by atoms with van der Waals surface area (Å²) in [7, 11) is 0. The first-order valence-electron chi connectivity index (χ1n) is 7.09. The lowest BCUT2D eigenvalue weighted by Gasteiger charge is -2.27. The van der Waals surface area contributed by atoms with Crippen LogP contribution in [0.5, 0.6) is 0 Å². The Labute approximate surface area is 119 Å². The van der Waals surface area contributed by atoms with Gasteiger partial charge in [-0.3, -0.25) is 0 Å². The molecule has 3 nitrogen and oxygen atoms in total. The SMILES string of the molecule is N#CC(C#N)=CC1CC=C(N2CCCCCC2)C=C1F. The molecule has 1 aliphatic heterocycles. The van der Waals surface area contributed by atoms with E-state index in [4.69, 9.17) is 10.5 Å². The summed E-state index contributed by atoms with van der Waals surface area (Å²) in [4.78, 5) is 2.24. The Bertz CT molecular complexity index is 507. The Morgan fingerprint density at radius 2 is 1.85 bits per heavy atom. The van der Waals surface area contributed by atoms with Crippen LogP contribution in [-0.2, 0) is 0 Å². The zero-order valence-corrected chi connectivity index (χ0v) is 11.5. The Morgan fingerprint density at radius 1 is 1.20 bits per heavy atom. The summed E-state index contributed by atoms with van der Waals surface area (Å²) in [5.74, 6) is -0.727. The highest BCUT2D eigenvalue weighted by molar-refractivity contribution is 5.39. The van der Waals surface area contributed by atoms with E-state index in [-0.39, 0.29) is 11.4 Å². The minimum absolute atomic E-state index is 0.0230. The van der Waals surface area contributed by atoms with Crippen molar-refractivity contribution in [2.45, 2.75) is 32.1 Å². The van der Waals surface area contributed by atoms with Crippen LogP contribution in [0.2, 0.25) is 0 Å². The van der Waals surface area contributed by atoms with E-state index in [9.17, 15) is 4.39 Å². The molecule has 0 N–H and O–H groups in total. The number of nitrogens with zero attached hydrogens (tertiary/aromatic N) is 3. The minimum Gasteiger partial charge on any atom is -0.372 e. The van der Waals surface area contributed by atoms with Crippen LogP contribution >= 0.6 is 0 Å². The first kappa shape index (κ1) is 14.3. The highest BCUT2D eigenvalue weighted by Crippen LogP contribution is 2.29. The molecule has 20 heavy (non-hydrogen) atoms. The van der Waals surface area contributed by atoms with Crippen molar-refractivity contribution in [1.82, 2.24) is 4.90 Å². The average Bonchev–Trinajstić information content (AvgIpc) is 2.75. The lowest BCUT2D eigenvalue weighted by molar-refractivity contribution is 0.359. The molecule has 0 spiro atoms. The number of halogens is 1. The first-order valence-corrected chi connectivity index (χ1v) is 7.09. The normalized spacial score (nSPS) is 22.8. The van der Waals surface area contributed by atoms with E-state index in [0.717, 1.165) is 31.6 Å². The zero-order valence-electron chi connectivity index (χ0n) is 11.5. The van der Waals surface area contributed by atoms with Gasteiger partial charge >= 0.3 is 0 Å². The molecule has 0 radical (unpaired) electrons. The molecule has 0 aromatic rings. The van der Waals surface area contributed by atoms with E-state index in [1.54, 1.807) is 18.2 Å². The number of hydrogen-bond donors (Lipinski definition) is 0. The van der Waals surface area contributed by atoms with Crippen LogP contribution in [0.4, 0.5) is 4.39 Å². The van der Waals surface area contributed by atoms with Gasteiger partial charge in [0, 0.05) is 24.7 Å². The summed E-state index contributed by atoms with van der Waals surface area (Å²) in [6.45, 7) is 1.97. The standard InChI is InChI=1S/C16H18FN3/c17-16-10-15(20-7-3-1-2-4-8-20)6-5-14(16)9-13(11-18)12-19/h6,9-10,14H,1-5,7-8H2. The Kier molecular flexibility index (Phi) is 4.96. The fourth-order valence-corrected chi connectivity index (χ4v) is 2.67. The molecular formula is C16H18FN3. The van der Waals surface area contributed by atoms with Gasteiger partial charge in [0.15, 0.2) is 0 Å². The first-order chi connectivity index (χ1) is 9.74. The van der Waals surface area contributed by atoms with E-state index in [0.29, 0.717) is 6.42 Å². The lowest BCUT2D eigenvalue weighted by atomic mass is 9.95. The number of likely N-dealkylation sites (tertiary alicyclic amines) is 1. The smallest absolute Gasteiger partial charge is 0.126 e. The number of rotatable bonds is 2. The third-order valence-corrected chi connectivity index (χ3v) is 3.80. The maximum absolute atomic E-state index is 14.1. The van der Waals surface area contributed by atoms with Crippen molar-refractivity contribution in [2.75, 3.05) is 13.1 Å². The maximum Gasteiger partial charge on any atom is 0.126 e. The number of hydrogen-bond acceptors (Lipinski definition) is 3. The van der Waals surface area contributed by atoms with Crippen LogP contribution in [0.1, 0.15) is 32.1 Å². The number of nitriles is 2. The fraction of sp³-hybridized carbons (Fsp3) is 0.500. The van der Waals surface area contributed by atoms with Gasteiger partial charge in [-0.15, -0.1) is 0 Å². The molecule has 0 aromatic heterocycles. The van der Waals surface area contributed by atoms with Gasteiger partial charge < -0.3 is 4.90 Å². The van der Waals surface area contributed by atoms with Crippen molar-refractivity contribution in [3.63, 3.8) is 0 Å². The molecule has 0 aromatic carbocycles. The maximum atomic E-state index is 14.1. The van der Waals surface area contributed by atoms with Crippen molar-refractivity contribution in [3.05, 3.63) is 35.3 Å². The monoisotopic (exact) mass is 271 g/mol. The van der Waals surface area contributed by atoms with Crippen molar-refractivity contribution < 1.29 is 4.39 Å². The van der Waals surface area contributed by atoms with Crippen molar-refractivity contribution in [1.29, 1.82) is 10.5 Å². The molecule has 1 unspecified atom stereocenters. The van der Waals surface area contributed by atoms with Crippen LogP contribution in [0.15, 0.2) is 35.3 Å². The summed E-state index contributed by atoms with van der Waals surface area (Å²) in [6, 6.07) is 3.55. The third-order valence-electron chi connectivity index (χ3n) is 3.80. The highest BCUT2D eigenvalue weighted by Gasteiger charge is 2.20. The molecule has 1 atom stereocenters. The molecule has 1 saturated heterocycles. The molecule has 2 rings (SSSR count). The quantitative estimate of drug-likeness (QED) is 0.721. The summed E-state index contributed by atoms with van der Waals surface area (Å²) in [6.07, 6.45) is 10.3. The van der Waals surface area contributed by atoms with Crippen LogP contribution < -0.4 is 0 Å². The topological polar surface area (TPSA) is 50.8 Å². The Morgan fingerprint density at radius 3 is 2.40 bits per heavy atom. The Hall–Kier alpha value is -2.07. The summed E-state index contributed by atoms with van der Waals surface area (Å²) in [5, 5.41) is 17.4. The lowest BCUT2D eigenvalue weighted by Crippen LogP contribution is -2.24. The molecule has 4 heteroatoms. The number of allylic oxidation sites excluding steroid dienone is 5. The second kappa shape index (κ2) is 6.91. The third kappa shape index (κ3) is 3.48. The van der Waals surface area contributed by atoms with Gasteiger partial charge in [0.05, 0.1) is 0 Å². The van der Waals surface area contributed by atoms with E-state index in [2.05, 4.69) is 4.90 Å². The largest absolute Gasteiger partial charge is 0.372 e. The second-order valence-electron chi connectivity index (χ2n) is 5.21. The van der Waals surface area contributed by atoms with Crippen LogP contribution in [-0.4, -0.2) is 18.0 Å². The van der Waals surface area contributed by atoms with Gasteiger partial charge in [0.25, 0.3) is 0 Å². The van der Waals surface area contributed by atoms with Crippen molar-refractivity contribution in [2.24, 2.45) is 5.92 Å². The van der Waals surface area contributed by atoms with Gasteiger partial charge in [-0.05, 0) is 31.4 Å². The van der Waals surface area contributed by atoms with E-state index in [1.807, 2.05) is 6.08 Å². The molecule has 0 saturated carbocycles. The van der Waals surface area contributed by atoms with Gasteiger partial charge in [0.2, 0.25) is 0 Å². The molecule has 1 fully saturated rings. The van der Waals surface area contributed by atoms with E-state index in [1.165, 1.54) is 18.9 Å². The minimum atomic E-state index is -0.472. The molecule has 1 heterocycles. The average molecular weight is 271 g/mol. The van der Waals surface area contributed by atoms with Gasteiger partial charge in [-0.2, -0.15) is 10.5 Å². The molecule has 1 aliphatic carbocycles. The predicted molar refractivity (Wildman–Crippen MR) is 74.7 cm³/mol. The molecule has 0 amide bonds. The van der Waals surface area contributed by atoms with Crippen molar-refractivity contribution >= 4 is 0 Å². The van der Waals surface area contributed by atoms with Crippen LogP contribution in [0.25, 0.3) is 0 Å². The molecule has 2 aliphatic rings. The van der Waals surface area contributed by atoms with E-state index < -0.39 is 5.92 Å². The molecular weight excluding hydrogens is 253 g/mol. The zero-order chi connectivity index (χ0) is 14.4. The Balaban J connectivity index is 2.08. The van der Waals surface area contributed by atoms with Gasteiger partial charge in [-0.1, -0.05) is 18.9 Å². The molecule has 0 bridgehead atoms. The summed E-state index contributed by atoms with van der Waals surface area (Å²) >= 11 is 0. The predicted octanol–water partition coefficient (Wildman–Crippen LogP) is 3.59. The van der Waals surface area contributed by atoms with Crippen LogP contribution in [0.3, 0.4) is 0 Å². The van der Waals surface area contributed by atoms with Crippen LogP contribution in [0, 0.1) is 28.6 Å². The summed E-state index contributed by atoms with van der Waals surface area (Å²) < 4.78 is 14.1. The molecule has 104 valence electrons. The summed E-state index contributed by atoms with van der Waals surface area (Å²) in [5.41, 5.74) is 0.926.